The molecule has 2 aromatic heterocycles. The number of carboxylic acid groups (broad SMARTS) is 1. The summed E-state index contributed by atoms with van der Waals surface area (Å²) in [6.45, 7) is 0. The molecule has 3 nitrogen and oxygen atoms in total. The van der Waals surface area contributed by atoms with E-state index in [2.05, 4.69) is 4.98 Å². The lowest BCUT2D eigenvalue weighted by Crippen LogP contribution is -2.00. The Bertz CT molecular complexity index is 518. The molecular formula is C12H9NO2S. The van der Waals surface area contributed by atoms with Crippen LogP contribution in [0.2, 0.25) is 0 Å². The van der Waals surface area contributed by atoms with Crippen molar-refractivity contribution in [3.8, 4) is 0 Å². The minimum Gasteiger partial charge on any atom is -0.478 e. The van der Waals surface area contributed by atoms with Gasteiger partial charge in [-0.25, -0.2) is 4.79 Å². The highest BCUT2D eigenvalue weighted by Gasteiger charge is 2.07. The summed E-state index contributed by atoms with van der Waals surface area (Å²) in [5.41, 5.74) is 1.74. The van der Waals surface area contributed by atoms with Crippen LogP contribution < -0.4 is 0 Å². The second-order valence-electron chi connectivity index (χ2n) is 3.13. The molecule has 0 spiro atoms. The third-order valence-corrected chi connectivity index (χ3v) is 2.75. The molecule has 16 heavy (non-hydrogen) atoms. The zero-order valence-electron chi connectivity index (χ0n) is 8.33. The van der Waals surface area contributed by atoms with Crippen LogP contribution in [-0.2, 0) is 0 Å². The smallest absolute Gasteiger partial charge is 0.337 e. The van der Waals surface area contributed by atoms with E-state index in [1.165, 1.54) is 0 Å². The minimum atomic E-state index is -0.960. The van der Waals surface area contributed by atoms with Crippen molar-refractivity contribution in [2.45, 2.75) is 0 Å². The maximum atomic E-state index is 10.9. The van der Waals surface area contributed by atoms with Crippen molar-refractivity contribution in [3.05, 3.63) is 52.0 Å². The van der Waals surface area contributed by atoms with E-state index in [9.17, 15) is 4.79 Å². The molecule has 0 aromatic carbocycles. The van der Waals surface area contributed by atoms with E-state index in [0.717, 1.165) is 5.56 Å². The molecule has 2 heterocycles. The first kappa shape index (κ1) is 10.6. The lowest BCUT2D eigenvalue weighted by atomic mass is 10.1. The Hall–Kier alpha value is -1.94. The molecule has 1 N–H and O–H groups in total. The Morgan fingerprint density at radius 1 is 1.38 bits per heavy atom. The fourth-order valence-corrected chi connectivity index (χ4v) is 1.90. The number of hydrogen-bond acceptors (Lipinski definition) is 3. The maximum absolute atomic E-state index is 10.9. The second kappa shape index (κ2) is 4.72. The lowest BCUT2D eigenvalue weighted by molar-refractivity contribution is 0.0696. The number of nitrogens with zero attached hydrogens (tertiary/aromatic N) is 1. The molecule has 0 aliphatic rings. The zero-order chi connectivity index (χ0) is 11.4. The Kier molecular flexibility index (Phi) is 3.12. The maximum Gasteiger partial charge on any atom is 0.337 e. The molecule has 2 aromatic rings. The Balaban J connectivity index is 2.31. The third kappa shape index (κ3) is 2.35. The first-order valence-electron chi connectivity index (χ1n) is 4.66. The molecule has 0 saturated heterocycles. The van der Waals surface area contributed by atoms with Crippen LogP contribution in [0.4, 0.5) is 0 Å². The number of carboxylic acids is 1. The number of aromatic carboxylic acids is 1. The molecule has 0 bridgehead atoms. The van der Waals surface area contributed by atoms with E-state index in [4.69, 9.17) is 5.11 Å². The minimum absolute atomic E-state index is 0.217. The molecule has 0 aliphatic heterocycles. The summed E-state index contributed by atoms with van der Waals surface area (Å²) in [4.78, 5) is 14.9. The van der Waals surface area contributed by atoms with Crippen molar-refractivity contribution in [3.63, 3.8) is 0 Å². The fraction of sp³-hybridized carbons (Fsp3) is 0. The monoisotopic (exact) mass is 231 g/mol. The van der Waals surface area contributed by atoms with Crippen molar-refractivity contribution in [1.82, 2.24) is 4.98 Å². The van der Waals surface area contributed by atoms with Crippen LogP contribution in [0.5, 0.6) is 0 Å². The highest BCUT2D eigenvalue weighted by atomic mass is 32.1. The average Bonchev–Trinajstić information content (AvgIpc) is 2.79. The van der Waals surface area contributed by atoms with Gasteiger partial charge >= 0.3 is 5.97 Å². The molecule has 0 amide bonds. The largest absolute Gasteiger partial charge is 0.478 e. The summed E-state index contributed by atoms with van der Waals surface area (Å²) < 4.78 is 0. The quantitative estimate of drug-likeness (QED) is 0.883. The van der Waals surface area contributed by atoms with Crippen LogP contribution in [0.1, 0.15) is 21.6 Å². The van der Waals surface area contributed by atoms with Crippen LogP contribution in [0, 0.1) is 0 Å². The average molecular weight is 231 g/mol. The predicted octanol–water partition coefficient (Wildman–Crippen LogP) is 3.01. The van der Waals surface area contributed by atoms with Crippen molar-refractivity contribution in [2.75, 3.05) is 0 Å². The van der Waals surface area contributed by atoms with E-state index >= 15 is 0 Å². The summed E-state index contributed by atoms with van der Waals surface area (Å²) >= 11 is 1.60. The number of carbonyl (C=O) groups is 1. The van der Waals surface area contributed by atoms with Crippen LogP contribution in [-0.4, -0.2) is 16.1 Å². The van der Waals surface area contributed by atoms with E-state index in [0.29, 0.717) is 5.69 Å². The van der Waals surface area contributed by atoms with Gasteiger partial charge in [0.1, 0.15) is 0 Å². The Morgan fingerprint density at radius 3 is 2.94 bits per heavy atom. The topological polar surface area (TPSA) is 50.2 Å². The number of aromatic nitrogens is 1. The summed E-state index contributed by atoms with van der Waals surface area (Å²) in [5.74, 6) is -0.960. The van der Waals surface area contributed by atoms with Gasteiger partial charge in [0.05, 0.1) is 11.3 Å². The van der Waals surface area contributed by atoms with Gasteiger partial charge < -0.3 is 5.11 Å². The predicted molar refractivity (Wildman–Crippen MR) is 64.4 cm³/mol. The standard InChI is InChI=1S/C12H9NO2S/c14-12(15)10-2-1-6-13-11(10)4-3-9-5-7-16-8-9/h1-8H,(H,14,15). The third-order valence-electron chi connectivity index (χ3n) is 2.05. The van der Waals surface area contributed by atoms with Crippen LogP contribution in [0.3, 0.4) is 0 Å². The molecule has 2 rings (SSSR count). The normalized spacial score (nSPS) is 10.8. The number of hydrogen-bond donors (Lipinski definition) is 1. The van der Waals surface area contributed by atoms with E-state index in [1.54, 1.807) is 35.7 Å². The van der Waals surface area contributed by atoms with Gasteiger partial charge in [-0.1, -0.05) is 6.08 Å². The van der Waals surface area contributed by atoms with Gasteiger partial charge in [0, 0.05) is 6.20 Å². The molecule has 0 radical (unpaired) electrons. The molecule has 0 fully saturated rings. The van der Waals surface area contributed by atoms with Crippen molar-refractivity contribution >= 4 is 29.5 Å². The molecule has 0 saturated carbocycles. The van der Waals surface area contributed by atoms with Gasteiger partial charge in [-0.15, -0.1) is 0 Å². The lowest BCUT2D eigenvalue weighted by Gasteiger charge is -1.98. The number of thiophene rings is 1. The number of rotatable bonds is 3. The van der Waals surface area contributed by atoms with Crippen LogP contribution in [0.25, 0.3) is 12.2 Å². The Morgan fingerprint density at radius 2 is 2.25 bits per heavy atom. The Labute approximate surface area is 96.7 Å². The van der Waals surface area contributed by atoms with Crippen LogP contribution >= 0.6 is 11.3 Å². The summed E-state index contributed by atoms with van der Waals surface area (Å²) in [7, 11) is 0. The van der Waals surface area contributed by atoms with Gasteiger partial charge in [0.2, 0.25) is 0 Å². The first-order valence-corrected chi connectivity index (χ1v) is 5.60. The van der Waals surface area contributed by atoms with Gasteiger partial charge in [-0.05, 0) is 40.6 Å². The van der Waals surface area contributed by atoms with Crippen molar-refractivity contribution < 1.29 is 9.90 Å². The van der Waals surface area contributed by atoms with Gasteiger partial charge in [-0.2, -0.15) is 11.3 Å². The molecule has 80 valence electrons. The SMILES string of the molecule is O=C(O)c1cccnc1C=Cc1ccsc1. The van der Waals surface area contributed by atoms with Crippen molar-refractivity contribution in [2.24, 2.45) is 0 Å². The fourth-order valence-electron chi connectivity index (χ4n) is 1.28. The van der Waals surface area contributed by atoms with Gasteiger partial charge in [-0.3, -0.25) is 4.98 Å². The van der Waals surface area contributed by atoms with Gasteiger partial charge in [0.25, 0.3) is 0 Å². The molecule has 0 atom stereocenters. The second-order valence-corrected chi connectivity index (χ2v) is 3.91. The first-order chi connectivity index (χ1) is 7.77. The zero-order valence-corrected chi connectivity index (χ0v) is 9.15. The molecular weight excluding hydrogens is 222 g/mol. The molecule has 0 aliphatic carbocycles. The molecule has 0 unspecified atom stereocenters. The summed E-state index contributed by atoms with van der Waals surface area (Å²) in [6, 6.07) is 5.12. The number of pyridine rings is 1. The highest BCUT2D eigenvalue weighted by Crippen LogP contribution is 2.12. The summed E-state index contributed by atoms with van der Waals surface area (Å²) in [5, 5.41) is 12.9. The highest BCUT2D eigenvalue weighted by molar-refractivity contribution is 7.08. The summed E-state index contributed by atoms with van der Waals surface area (Å²) in [6.07, 6.45) is 5.15. The molecule has 4 heteroatoms. The van der Waals surface area contributed by atoms with E-state index in [-0.39, 0.29) is 5.56 Å². The van der Waals surface area contributed by atoms with E-state index in [1.807, 2.05) is 22.9 Å². The van der Waals surface area contributed by atoms with Crippen LogP contribution in [0.15, 0.2) is 35.2 Å². The van der Waals surface area contributed by atoms with Crippen molar-refractivity contribution in [1.29, 1.82) is 0 Å². The van der Waals surface area contributed by atoms with Gasteiger partial charge in [0.15, 0.2) is 0 Å². The van der Waals surface area contributed by atoms with E-state index < -0.39 is 5.97 Å².